The van der Waals surface area contributed by atoms with Crippen molar-refractivity contribution < 1.29 is 17.9 Å². The van der Waals surface area contributed by atoms with Gasteiger partial charge in [-0.15, -0.1) is 0 Å². The number of ether oxygens (including phenoxy) is 2. The van der Waals surface area contributed by atoms with Crippen LogP contribution in [0.2, 0.25) is 0 Å². The normalized spacial score (nSPS) is 20.9. The van der Waals surface area contributed by atoms with Gasteiger partial charge >= 0.3 is 0 Å². The summed E-state index contributed by atoms with van der Waals surface area (Å²) in [5.74, 6) is 0.886. The second-order valence-corrected chi connectivity index (χ2v) is 9.57. The smallest absolute Gasteiger partial charge is 0.282 e. The number of aryl methyl sites for hydroxylation is 1. The van der Waals surface area contributed by atoms with E-state index in [1.54, 1.807) is 11.4 Å². The molecule has 0 saturated carbocycles. The van der Waals surface area contributed by atoms with Crippen molar-refractivity contribution in [1.82, 2.24) is 13.6 Å². The maximum Gasteiger partial charge on any atom is 0.282 e. The van der Waals surface area contributed by atoms with Crippen LogP contribution in [0, 0.1) is 6.92 Å². The molecule has 2 aliphatic heterocycles. The van der Waals surface area contributed by atoms with Crippen molar-refractivity contribution in [1.29, 1.82) is 0 Å². The van der Waals surface area contributed by atoms with Crippen LogP contribution in [0.4, 0.5) is 11.4 Å². The Kier molecular flexibility index (Phi) is 6.24. The zero-order valence-electron chi connectivity index (χ0n) is 17.4. The number of pyridine rings is 1. The molecule has 2 aromatic rings. The van der Waals surface area contributed by atoms with Crippen LogP contribution < -0.4 is 10.1 Å². The highest BCUT2D eigenvalue weighted by atomic mass is 32.2. The first-order chi connectivity index (χ1) is 14.5. The molecular formula is C21H28N4O4S. The van der Waals surface area contributed by atoms with Crippen LogP contribution in [0.1, 0.15) is 23.7 Å². The average molecular weight is 433 g/mol. The third-order valence-corrected chi connectivity index (χ3v) is 7.55. The van der Waals surface area contributed by atoms with Crippen LogP contribution in [0.3, 0.4) is 0 Å². The summed E-state index contributed by atoms with van der Waals surface area (Å²) in [7, 11) is -1.80. The molecule has 0 unspecified atom stereocenters. The molecule has 0 radical (unpaired) electrons. The molecule has 1 aromatic carbocycles. The number of nitrogens with one attached hydrogen (secondary N) is 1. The van der Waals surface area contributed by atoms with Crippen molar-refractivity contribution in [2.75, 3.05) is 51.8 Å². The highest BCUT2D eigenvalue weighted by Gasteiger charge is 2.37. The first kappa shape index (κ1) is 21.0. The van der Waals surface area contributed by atoms with Gasteiger partial charge in [0.05, 0.1) is 20.3 Å². The molecule has 3 heterocycles. The molecular weight excluding hydrogens is 404 g/mol. The Bertz CT molecular complexity index is 975. The minimum Gasteiger partial charge on any atom is -0.497 e. The van der Waals surface area contributed by atoms with Gasteiger partial charge in [0.1, 0.15) is 5.75 Å². The Morgan fingerprint density at radius 2 is 1.80 bits per heavy atom. The second-order valence-electron chi connectivity index (χ2n) is 7.64. The summed E-state index contributed by atoms with van der Waals surface area (Å²) >= 11 is 0. The number of hydrogen-bond donors (Lipinski definition) is 1. The lowest BCUT2D eigenvalue weighted by atomic mass is 10.0. The summed E-state index contributed by atoms with van der Waals surface area (Å²) < 4.78 is 39.5. The standard InChI is InChI=1S/C21H28N4O4S/c1-16-13-19(23-18-3-5-20(28-2)6-4-18)14-21(22-16)17-7-8-25(15-17)30(26,27)24-9-11-29-12-10-24/h3-6,13-14,17H,7-12,15H2,1-2H3,(H,22,23)/t17-/m0/s1. The van der Waals surface area contributed by atoms with E-state index in [1.165, 1.54) is 4.31 Å². The Balaban J connectivity index is 1.47. The molecule has 8 nitrogen and oxygen atoms in total. The summed E-state index contributed by atoms with van der Waals surface area (Å²) in [6.07, 6.45) is 0.766. The van der Waals surface area contributed by atoms with E-state index in [0.29, 0.717) is 39.4 Å². The van der Waals surface area contributed by atoms with Gasteiger partial charge < -0.3 is 14.8 Å². The van der Waals surface area contributed by atoms with E-state index in [9.17, 15) is 8.42 Å². The van der Waals surface area contributed by atoms with Crippen molar-refractivity contribution in [3.8, 4) is 5.75 Å². The lowest BCUT2D eigenvalue weighted by Crippen LogP contribution is -2.47. The van der Waals surface area contributed by atoms with E-state index in [0.717, 1.165) is 34.9 Å². The van der Waals surface area contributed by atoms with Gasteiger partial charge in [0.25, 0.3) is 10.2 Å². The molecule has 1 N–H and O–H groups in total. The maximum atomic E-state index is 12.9. The summed E-state index contributed by atoms with van der Waals surface area (Å²) in [5, 5.41) is 3.40. The number of anilines is 2. The van der Waals surface area contributed by atoms with Crippen molar-refractivity contribution >= 4 is 21.6 Å². The van der Waals surface area contributed by atoms with E-state index in [1.807, 2.05) is 43.3 Å². The molecule has 2 fully saturated rings. The van der Waals surface area contributed by atoms with E-state index >= 15 is 0 Å². The molecule has 1 atom stereocenters. The SMILES string of the molecule is COc1ccc(Nc2cc(C)nc([C@H]3CCN(S(=O)(=O)N4CCOCC4)C3)c2)cc1. The molecule has 9 heteroatoms. The van der Waals surface area contributed by atoms with Crippen LogP contribution >= 0.6 is 0 Å². The minimum atomic E-state index is -3.45. The molecule has 4 rings (SSSR count). The number of aromatic nitrogens is 1. The highest BCUT2D eigenvalue weighted by Crippen LogP contribution is 2.31. The molecule has 2 aliphatic rings. The zero-order valence-corrected chi connectivity index (χ0v) is 18.2. The number of rotatable bonds is 6. The Morgan fingerprint density at radius 3 is 2.50 bits per heavy atom. The van der Waals surface area contributed by atoms with Crippen molar-refractivity contribution in [3.63, 3.8) is 0 Å². The molecule has 1 aromatic heterocycles. The minimum absolute atomic E-state index is 0.0807. The van der Waals surface area contributed by atoms with Crippen LogP contribution in [0.25, 0.3) is 0 Å². The molecule has 0 spiro atoms. The predicted molar refractivity (Wildman–Crippen MR) is 115 cm³/mol. The van der Waals surface area contributed by atoms with Crippen molar-refractivity contribution in [2.45, 2.75) is 19.3 Å². The molecule has 0 aliphatic carbocycles. The van der Waals surface area contributed by atoms with Gasteiger partial charge in [-0.2, -0.15) is 17.0 Å². The Morgan fingerprint density at radius 1 is 1.07 bits per heavy atom. The largest absolute Gasteiger partial charge is 0.497 e. The summed E-state index contributed by atoms with van der Waals surface area (Å²) in [6.45, 7) is 4.68. The fourth-order valence-corrected chi connectivity index (χ4v) is 5.58. The third kappa shape index (κ3) is 4.59. The zero-order chi connectivity index (χ0) is 21.1. The first-order valence-electron chi connectivity index (χ1n) is 10.2. The number of morpholine rings is 1. The topological polar surface area (TPSA) is 84.0 Å². The predicted octanol–water partition coefficient (Wildman–Crippen LogP) is 2.51. The lowest BCUT2D eigenvalue weighted by molar-refractivity contribution is 0.0705. The van der Waals surface area contributed by atoms with Gasteiger partial charge in [-0.1, -0.05) is 0 Å². The lowest BCUT2D eigenvalue weighted by Gasteiger charge is -2.30. The molecule has 0 amide bonds. The van der Waals surface area contributed by atoms with Gasteiger partial charge in [-0.05, 0) is 49.7 Å². The quantitative estimate of drug-likeness (QED) is 0.755. The summed E-state index contributed by atoms with van der Waals surface area (Å²) in [6, 6.07) is 11.7. The summed E-state index contributed by atoms with van der Waals surface area (Å²) in [4.78, 5) is 4.70. The monoisotopic (exact) mass is 432 g/mol. The number of benzene rings is 1. The number of hydrogen-bond acceptors (Lipinski definition) is 6. The van der Waals surface area contributed by atoms with E-state index < -0.39 is 10.2 Å². The van der Waals surface area contributed by atoms with Gasteiger partial charge in [0.15, 0.2) is 0 Å². The van der Waals surface area contributed by atoms with E-state index in [-0.39, 0.29) is 5.92 Å². The van der Waals surface area contributed by atoms with Crippen LogP contribution in [0.5, 0.6) is 5.75 Å². The molecule has 2 saturated heterocycles. The Hall–Kier alpha value is -2.20. The second kappa shape index (κ2) is 8.89. The number of methoxy groups -OCH3 is 1. The van der Waals surface area contributed by atoms with Crippen LogP contribution in [-0.4, -0.2) is 68.5 Å². The Labute approximate surface area is 178 Å². The van der Waals surface area contributed by atoms with Crippen molar-refractivity contribution in [2.24, 2.45) is 0 Å². The van der Waals surface area contributed by atoms with Gasteiger partial charge in [0.2, 0.25) is 0 Å². The number of nitrogens with zero attached hydrogens (tertiary/aromatic N) is 3. The van der Waals surface area contributed by atoms with Gasteiger partial charge in [0, 0.05) is 54.9 Å². The van der Waals surface area contributed by atoms with Gasteiger partial charge in [-0.25, -0.2) is 0 Å². The molecule has 30 heavy (non-hydrogen) atoms. The fourth-order valence-electron chi connectivity index (χ4n) is 3.94. The van der Waals surface area contributed by atoms with Gasteiger partial charge in [-0.3, -0.25) is 4.98 Å². The first-order valence-corrected chi connectivity index (χ1v) is 11.6. The molecule has 0 bridgehead atoms. The fraction of sp³-hybridized carbons (Fsp3) is 0.476. The maximum absolute atomic E-state index is 12.9. The summed E-state index contributed by atoms with van der Waals surface area (Å²) in [5.41, 5.74) is 3.72. The molecule has 162 valence electrons. The van der Waals surface area contributed by atoms with E-state index in [4.69, 9.17) is 14.5 Å². The van der Waals surface area contributed by atoms with Crippen molar-refractivity contribution in [3.05, 3.63) is 47.8 Å². The van der Waals surface area contributed by atoms with Crippen LogP contribution in [-0.2, 0) is 14.9 Å². The third-order valence-electron chi connectivity index (χ3n) is 5.54. The van der Waals surface area contributed by atoms with E-state index in [2.05, 4.69) is 5.32 Å². The van der Waals surface area contributed by atoms with Crippen LogP contribution in [0.15, 0.2) is 36.4 Å². The average Bonchev–Trinajstić information content (AvgIpc) is 3.26. The highest BCUT2D eigenvalue weighted by molar-refractivity contribution is 7.86.